The summed E-state index contributed by atoms with van der Waals surface area (Å²) in [5.74, 6) is 1.82. The van der Waals surface area contributed by atoms with Crippen molar-refractivity contribution in [2.24, 2.45) is 13.0 Å². The number of benzene rings is 2. The average Bonchev–Trinajstić information content (AvgIpc) is 3.39. The molecule has 37 heavy (non-hydrogen) atoms. The maximum atomic E-state index is 13.5. The van der Waals surface area contributed by atoms with Gasteiger partial charge in [0, 0.05) is 49.8 Å². The van der Waals surface area contributed by atoms with Gasteiger partial charge < -0.3 is 14.2 Å². The first kappa shape index (κ1) is 25.0. The van der Waals surface area contributed by atoms with Gasteiger partial charge in [0.15, 0.2) is 0 Å². The molecule has 0 N–H and O–H groups in total. The van der Waals surface area contributed by atoms with Crippen LogP contribution in [-0.4, -0.2) is 58.0 Å². The summed E-state index contributed by atoms with van der Waals surface area (Å²) in [5, 5.41) is 8.32. The van der Waals surface area contributed by atoms with Gasteiger partial charge in [0.05, 0.1) is 19.8 Å². The fourth-order valence-corrected chi connectivity index (χ4v) is 5.68. The first-order valence-corrected chi connectivity index (χ1v) is 12.5. The normalized spacial score (nSPS) is 18.4. The Hall–Kier alpha value is -3.65. The number of nitrogens with zero attached hydrogens (tertiary/aromatic N) is 5. The summed E-state index contributed by atoms with van der Waals surface area (Å²) in [5.41, 5.74) is 6.45. The Kier molecular flexibility index (Phi) is 6.77. The van der Waals surface area contributed by atoms with Gasteiger partial charge in [-0.2, -0.15) is 9.59 Å². The van der Waals surface area contributed by atoms with E-state index >= 15 is 0 Å². The molecule has 2 saturated heterocycles. The molecule has 3 aromatic rings. The molecule has 9 nitrogen and oxygen atoms in total. The standard InChI is InChI=1S/C27H31N5O2.CO2/c1-18-11-31(12-18)13-20-7-19(2)24-14-32(26(33)23(24)8-20)22-6-4-5-21(9-22)27(15-34-16-27)10-25-29-28-17-30(25)3;2-1-3/h4-9,17-18H,10-16H2,1-3H3;. The largest absolute Gasteiger partial charge is 0.379 e. The lowest BCUT2D eigenvalue weighted by molar-refractivity contribution is -0.191. The van der Waals surface area contributed by atoms with Crippen molar-refractivity contribution in [1.82, 2.24) is 19.7 Å². The van der Waals surface area contributed by atoms with E-state index in [-0.39, 0.29) is 17.5 Å². The van der Waals surface area contributed by atoms with Crippen LogP contribution in [0.5, 0.6) is 0 Å². The number of ether oxygens (including phenoxy) is 1. The molecule has 3 aliphatic heterocycles. The first-order chi connectivity index (χ1) is 17.8. The molecule has 6 rings (SSSR count). The lowest BCUT2D eigenvalue weighted by atomic mass is 9.75. The Morgan fingerprint density at radius 2 is 1.92 bits per heavy atom. The molecule has 4 heterocycles. The molecular weight excluding hydrogens is 470 g/mol. The van der Waals surface area contributed by atoms with Crippen molar-refractivity contribution < 1.29 is 19.1 Å². The van der Waals surface area contributed by atoms with Crippen LogP contribution in [0.1, 0.15) is 45.4 Å². The minimum atomic E-state index is -0.135. The van der Waals surface area contributed by atoms with E-state index in [1.807, 2.05) is 22.6 Å². The zero-order valence-electron chi connectivity index (χ0n) is 21.4. The van der Waals surface area contributed by atoms with Gasteiger partial charge in [0.2, 0.25) is 0 Å². The number of carbonyl (C=O) groups is 1. The minimum Gasteiger partial charge on any atom is -0.379 e. The molecule has 3 aliphatic rings. The molecule has 192 valence electrons. The lowest BCUT2D eigenvalue weighted by Gasteiger charge is -2.42. The van der Waals surface area contributed by atoms with Crippen molar-refractivity contribution in [1.29, 1.82) is 0 Å². The van der Waals surface area contributed by atoms with E-state index in [9.17, 15) is 4.79 Å². The van der Waals surface area contributed by atoms with Crippen LogP contribution in [0.4, 0.5) is 5.69 Å². The second-order valence-corrected chi connectivity index (χ2v) is 10.6. The van der Waals surface area contributed by atoms with Crippen LogP contribution in [0.3, 0.4) is 0 Å². The number of aryl methyl sites for hydroxylation is 2. The Morgan fingerprint density at radius 1 is 1.16 bits per heavy atom. The van der Waals surface area contributed by atoms with E-state index < -0.39 is 0 Å². The number of likely N-dealkylation sites (tertiary alicyclic amines) is 1. The zero-order chi connectivity index (χ0) is 26.2. The van der Waals surface area contributed by atoms with Crippen molar-refractivity contribution in [2.75, 3.05) is 31.2 Å². The van der Waals surface area contributed by atoms with E-state index in [0.29, 0.717) is 19.8 Å². The van der Waals surface area contributed by atoms with Crippen LogP contribution in [0, 0.1) is 12.8 Å². The summed E-state index contributed by atoms with van der Waals surface area (Å²) < 4.78 is 7.62. The Morgan fingerprint density at radius 3 is 2.54 bits per heavy atom. The third-order valence-electron chi connectivity index (χ3n) is 7.70. The fourth-order valence-electron chi connectivity index (χ4n) is 5.68. The molecule has 0 unspecified atom stereocenters. The fraction of sp³-hybridized carbons (Fsp3) is 0.429. The molecule has 1 aromatic heterocycles. The quantitative estimate of drug-likeness (QED) is 0.512. The highest BCUT2D eigenvalue weighted by molar-refractivity contribution is 6.10. The second kappa shape index (κ2) is 10.0. The third-order valence-corrected chi connectivity index (χ3v) is 7.70. The van der Waals surface area contributed by atoms with E-state index in [1.165, 1.54) is 16.7 Å². The topological polar surface area (TPSA) is 97.6 Å². The molecule has 0 spiro atoms. The Labute approximate surface area is 216 Å². The summed E-state index contributed by atoms with van der Waals surface area (Å²) >= 11 is 0. The molecule has 0 atom stereocenters. The van der Waals surface area contributed by atoms with Crippen molar-refractivity contribution in [3.63, 3.8) is 0 Å². The number of carbonyl (C=O) groups excluding carboxylic acids is 3. The summed E-state index contributed by atoms with van der Waals surface area (Å²) in [7, 11) is 1.97. The second-order valence-electron chi connectivity index (χ2n) is 10.6. The number of anilines is 1. The molecule has 0 saturated carbocycles. The monoisotopic (exact) mass is 501 g/mol. The first-order valence-electron chi connectivity index (χ1n) is 12.5. The lowest BCUT2D eigenvalue weighted by Crippen LogP contribution is -2.49. The number of hydrogen-bond donors (Lipinski definition) is 0. The summed E-state index contributed by atoms with van der Waals surface area (Å²) in [6.07, 6.45) is 2.75. The van der Waals surface area contributed by atoms with Crippen LogP contribution >= 0.6 is 0 Å². The van der Waals surface area contributed by atoms with Gasteiger partial charge in [-0.1, -0.05) is 25.1 Å². The van der Waals surface area contributed by atoms with Gasteiger partial charge >= 0.3 is 6.15 Å². The highest BCUT2D eigenvalue weighted by atomic mass is 16.5. The predicted octanol–water partition coefficient (Wildman–Crippen LogP) is 2.66. The smallest absolute Gasteiger partial charge is 0.373 e. The van der Waals surface area contributed by atoms with Crippen molar-refractivity contribution in [2.45, 2.75) is 38.8 Å². The molecule has 0 bridgehead atoms. The van der Waals surface area contributed by atoms with Gasteiger partial charge in [-0.25, -0.2) is 0 Å². The number of fused-ring (bicyclic) bond motifs is 1. The van der Waals surface area contributed by atoms with Crippen LogP contribution in [0.2, 0.25) is 0 Å². The number of amides is 1. The van der Waals surface area contributed by atoms with E-state index in [0.717, 1.165) is 54.6 Å². The number of hydrogen-bond acceptors (Lipinski definition) is 7. The molecule has 1 amide bonds. The molecule has 2 fully saturated rings. The number of aromatic nitrogens is 3. The number of rotatable bonds is 6. The van der Waals surface area contributed by atoms with Crippen LogP contribution in [0.25, 0.3) is 0 Å². The summed E-state index contributed by atoms with van der Waals surface area (Å²) in [4.78, 5) is 34.2. The van der Waals surface area contributed by atoms with Gasteiger partial charge in [-0.15, -0.1) is 10.2 Å². The van der Waals surface area contributed by atoms with Gasteiger partial charge in [-0.05, 0) is 53.3 Å². The maximum Gasteiger partial charge on any atom is 0.373 e. The highest BCUT2D eigenvalue weighted by Crippen LogP contribution is 2.39. The zero-order valence-corrected chi connectivity index (χ0v) is 21.4. The van der Waals surface area contributed by atoms with Gasteiger partial charge in [-0.3, -0.25) is 9.69 Å². The van der Waals surface area contributed by atoms with Crippen LogP contribution < -0.4 is 4.90 Å². The molecule has 0 radical (unpaired) electrons. The summed E-state index contributed by atoms with van der Waals surface area (Å²) in [6.45, 7) is 9.54. The summed E-state index contributed by atoms with van der Waals surface area (Å²) in [6, 6.07) is 12.8. The van der Waals surface area contributed by atoms with E-state index in [1.54, 1.807) is 6.33 Å². The Bertz CT molecular complexity index is 1350. The molecule has 0 aliphatic carbocycles. The third kappa shape index (κ3) is 4.73. The molecule has 2 aromatic carbocycles. The average molecular weight is 502 g/mol. The maximum absolute atomic E-state index is 13.5. The van der Waals surface area contributed by atoms with E-state index in [4.69, 9.17) is 14.3 Å². The van der Waals surface area contributed by atoms with Crippen LogP contribution in [-0.2, 0) is 46.3 Å². The predicted molar refractivity (Wildman–Crippen MR) is 135 cm³/mol. The molecular formula is C28H31N5O4. The highest BCUT2D eigenvalue weighted by Gasteiger charge is 2.42. The van der Waals surface area contributed by atoms with Crippen molar-refractivity contribution >= 4 is 17.7 Å². The van der Waals surface area contributed by atoms with Gasteiger partial charge in [0.1, 0.15) is 12.2 Å². The SMILES string of the molecule is Cc1cc(CN2CC(C)C2)cc2c1CN(c1cccc(C3(Cc4nncn4C)COC3)c1)C2=O.O=C=O. The minimum absolute atomic E-state index is 0.0984. The van der Waals surface area contributed by atoms with Gasteiger partial charge in [0.25, 0.3) is 5.91 Å². The Balaban J connectivity index is 0.000000892. The van der Waals surface area contributed by atoms with Crippen LogP contribution in [0.15, 0.2) is 42.7 Å². The van der Waals surface area contributed by atoms with Crippen molar-refractivity contribution in [3.8, 4) is 0 Å². The molecule has 9 heteroatoms. The van der Waals surface area contributed by atoms with Crippen molar-refractivity contribution in [3.05, 3.63) is 76.4 Å². The van der Waals surface area contributed by atoms with E-state index in [2.05, 4.69) is 59.3 Å².